The third kappa shape index (κ3) is 3.02. The maximum absolute atomic E-state index is 12.0. The summed E-state index contributed by atoms with van der Waals surface area (Å²) in [6, 6.07) is 9.61. The first-order valence-corrected chi connectivity index (χ1v) is 5.90. The van der Waals surface area contributed by atoms with Gasteiger partial charge >= 0.3 is 0 Å². The molecule has 2 aromatic rings. The Balaban J connectivity index is 2.23. The second kappa shape index (κ2) is 5.99. The molecule has 0 aliphatic carbocycles. The number of carbonyl (C=O) groups is 1. The lowest BCUT2D eigenvalue weighted by molar-refractivity contribution is 0.102. The number of nitrogens with zero attached hydrogens (tertiary/aromatic N) is 3. The summed E-state index contributed by atoms with van der Waals surface area (Å²) in [5, 5.41) is 18.9. The molecule has 0 aliphatic rings. The summed E-state index contributed by atoms with van der Waals surface area (Å²) >= 11 is 5.60. The second-order valence-corrected chi connectivity index (χ2v) is 4.11. The SMILES string of the molecule is COc1cc(C#N)ccc1NC(=O)c1ccc(Cl)nn1. The zero-order chi connectivity index (χ0) is 14.5. The summed E-state index contributed by atoms with van der Waals surface area (Å²) in [6.45, 7) is 0. The number of carbonyl (C=O) groups excluding carboxylic acids is 1. The number of methoxy groups -OCH3 is 1. The molecule has 0 fully saturated rings. The molecule has 1 amide bonds. The van der Waals surface area contributed by atoms with Crippen molar-refractivity contribution in [3.05, 3.63) is 46.7 Å². The van der Waals surface area contributed by atoms with E-state index in [1.165, 1.54) is 25.3 Å². The van der Waals surface area contributed by atoms with Gasteiger partial charge in [-0.1, -0.05) is 11.6 Å². The highest BCUT2D eigenvalue weighted by molar-refractivity contribution is 6.29. The summed E-state index contributed by atoms with van der Waals surface area (Å²) in [5.74, 6) is -0.0588. The predicted molar refractivity (Wildman–Crippen MR) is 72.7 cm³/mol. The van der Waals surface area contributed by atoms with Gasteiger partial charge in [-0.05, 0) is 24.3 Å². The van der Waals surface area contributed by atoms with Crippen molar-refractivity contribution in [2.24, 2.45) is 0 Å². The minimum absolute atomic E-state index is 0.126. The zero-order valence-electron chi connectivity index (χ0n) is 10.4. The monoisotopic (exact) mass is 288 g/mol. The van der Waals surface area contributed by atoms with E-state index in [4.69, 9.17) is 21.6 Å². The van der Waals surface area contributed by atoms with Crippen molar-refractivity contribution >= 4 is 23.2 Å². The lowest BCUT2D eigenvalue weighted by Crippen LogP contribution is -2.14. The Hall–Kier alpha value is -2.65. The van der Waals surface area contributed by atoms with Crippen LogP contribution in [0.5, 0.6) is 5.75 Å². The quantitative estimate of drug-likeness (QED) is 0.936. The number of hydrogen-bond donors (Lipinski definition) is 1. The Bertz CT molecular complexity index is 680. The van der Waals surface area contributed by atoms with E-state index in [0.29, 0.717) is 17.0 Å². The van der Waals surface area contributed by atoms with Crippen molar-refractivity contribution < 1.29 is 9.53 Å². The lowest BCUT2D eigenvalue weighted by atomic mass is 10.2. The molecule has 1 N–H and O–H groups in total. The molecule has 1 aromatic carbocycles. The molecule has 0 saturated carbocycles. The van der Waals surface area contributed by atoms with Crippen LogP contribution in [0.4, 0.5) is 5.69 Å². The predicted octanol–water partition coefficient (Wildman–Crippen LogP) is 2.26. The topological polar surface area (TPSA) is 87.9 Å². The van der Waals surface area contributed by atoms with Crippen molar-refractivity contribution in [3.63, 3.8) is 0 Å². The minimum atomic E-state index is -0.447. The normalized spacial score (nSPS) is 9.65. The molecule has 1 heterocycles. The highest BCUT2D eigenvalue weighted by atomic mass is 35.5. The summed E-state index contributed by atoms with van der Waals surface area (Å²) in [7, 11) is 1.45. The van der Waals surface area contributed by atoms with Gasteiger partial charge in [-0.25, -0.2) is 0 Å². The molecule has 100 valence electrons. The summed E-state index contributed by atoms with van der Waals surface area (Å²) in [5.41, 5.74) is 1.00. The van der Waals surface area contributed by atoms with Gasteiger partial charge in [-0.15, -0.1) is 10.2 Å². The minimum Gasteiger partial charge on any atom is -0.495 e. The van der Waals surface area contributed by atoms with E-state index in [0.717, 1.165) is 0 Å². The van der Waals surface area contributed by atoms with Crippen LogP contribution in [0.15, 0.2) is 30.3 Å². The Morgan fingerprint density at radius 2 is 2.15 bits per heavy atom. The zero-order valence-corrected chi connectivity index (χ0v) is 11.2. The highest BCUT2D eigenvalue weighted by Crippen LogP contribution is 2.25. The molecule has 0 saturated heterocycles. The Morgan fingerprint density at radius 1 is 1.35 bits per heavy atom. The largest absolute Gasteiger partial charge is 0.495 e. The van der Waals surface area contributed by atoms with Gasteiger partial charge < -0.3 is 10.1 Å². The average molecular weight is 289 g/mol. The van der Waals surface area contributed by atoms with Gasteiger partial charge in [-0.2, -0.15) is 5.26 Å². The fourth-order valence-corrected chi connectivity index (χ4v) is 1.59. The summed E-state index contributed by atoms with van der Waals surface area (Å²) < 4.78 is 5.12. The molecule has 0 bridgehead atoms. The van der Waals surface area contributed by atoms with Crippen LogP contribution in [-0.4, -0.2) is 23.2 Å². The third-order valence-electron chi connectivity index (χ3n) is 2.44. The van der Waals surface area contributed by atoms with Crippen molar-refractivity contribution in [2.45, 2.75) is 0 Å². The van der Waals surface area contributed by atoms with Crippen LogP contribution < -0.4 is 10.1 Å². The van der Waals surface area contributed by atoms with Crippen LogP contribution in [0.2, 0.25) is 5.15 Å². The van der Waals surface area contributed by atoms with Crippen LogP contribution in [0.25, 0.3) is 0 Å². The van der Waals surface area contributed by atoms with Gasteiger partial charge in [0.25, 0.3) is 5.91 Å². The van der Waals surface area contributed by atoms with Gasteiger partial charge in [0.05, 0.1) is 24.4 Å². The van der Waals surface area contributed by atoms with E-state index >= 15 is 0 Å². The number of ether oxygens (including phenoxy) is 1. The van der Waals surface area contributed by atoms with Gasteiger partial charge in [0.15, 0.2) is 10.8 Å². The molecule has 7 heteroatoms. The Labute approximate surface area is 120 Å². The first kappa shape index (κ1) is 13.8. The molecular weight excluding hydrogens is 280 g/mol. The van der Waals surface area contributed by atoms with Crippen LogP contribution in [0, 0.1) is 11.3 Å². The van der Waals surface area contributed by atoms with Crippen molar-refractivity contribution in [2.75, 3.05) is 12.4 Å². The second-order valence-electron chi connectivity index (χ2n) is 3.72. The van der Waals surface area contributed by atoms with Crippen LogP contribution >= 0.6 is 11.6 Å². The van der Waals surface area contributed by atoms with Gasteiger partial charge in [0, 0.05) is 6.07 Å². The summed E-state index contributed by atoms with van der Waals surface area (Å²) in [6.07, 6.45) is 0. The van der Waals surface area contributed by atoms with Crippen molar-refractivity contribution in [1.82, 2.24) is 10.2 Å². The van der Waals surface area contributed by atoms with Gasteiger partial charge in [0.2, 0.25) is 0 Å². The maximum atomic E-state index is 12.0. The first-order valence-electron chi connectivity index (χ1n) is 5.53. The van der Waals surface area contributed by atoms with Gasteiger partial charge in [-0.3, -0.25) is 4.79 Å². The fraction of sp³-hybridized carbons (Fsp3) is 0.0769. The molecule has 0 unspecified atom stereocenters. The molecule has 2 rings (SSSR count). The number of rotatable bonds is 3. The fourth-order valence-electron chi connectivity index (χ4n) is 1.49. The number of anilines is 1. The highest BCUT2D eigenvalue weighted by Gasteiger charge is 2.12. The molecule has 0 aliphatic heterocycles. The van der Waals surface area contributed by atoms with Crippen molar-refractivity contribution in [1.29, 1.82) is 5.26 Å². The van der Waals surface area contributed by atoms with Gasteiger partial charge in [0.1, 0.15) is 5.75 Å². The Kier molecular flexibility index (Phi) is 4.13. The molecule has 0 atom stereocenters. The average Bonchev–Trinajstić information content (AvgIpc) is 2.48. The number of amides is 1. The number of halogens is 1. The Morgan fingerprint density at radius 3 is 2.75 bits per heavy atom. The van der Waals surface area contributed by atoms with Crippen LogP contribution in [0.3, 0.4) is 0 Å². The van der Waals surface area contributed by atoms with Crippen LogP contribution in [-0.2, 0) is 0 Å². The number of nitriles is 1. The van der Waals surface area contributed by atoms with E-state index < -0.39 is 5.91 Å². The third-order valence-corrected chi connectivity index (χ3v) is 2.65. The molecule has 20 heavy (non-hydrogen) atoms. The van der Waals surface area contributed by atoms with E-state index in [1.807, 2.05) is 6.07 Å². The van der Waals surface area contributed by atoms with Crippen LogP contribution in [0.1, 0.15) is 16.1 Å². The smallest absolute Gasteiger partial charge is 0.276 e. The number of hydrogen-bond acceptors (Lipinski definition) is 5. The number of nitrogens with one attached hydrogen (secondary N) is 1. The summed E-state index contributed by atoms with van der Waals surface area (Å²) in [4.78, 5) is 12.0. The van der Waals surface area contributed by atoms with Crippen molar-refractivity contribution in [3.8, 4) is 11.8 Å². The first-order chi connectivity index (χ1) is 9.63. The molecule has 6 nitrogen and oxygen atoms in total. The van der Waals surface area contributed by atoms with E-state index in [1.54, 1.807) is 12.1 Å². The number of benzene rings is 1. The molecule has 0 radical (unpaired) electrons. The number of aromatic nitrogens is 2. The molecule has 1 aromatic heterocycles. The lowest BCUT2D eigenvalue weighted by Gasteiger charge is -2.09. The van der Waals surface area contributed by atoms with E-state index in [2.05, 4.69) is 15.5 Å². The standard InChI is InChI=1S/C13H9ClN4O2/c1-20-11-6-8(7-15)2-3-9(11)16-13(19)10-4-5-12(14)18-17-10/h2-6H,1H3,(H,16,19). The maximum Gasteiger partial charge on any atom is 0.276 e. The molecule has 0 spiro atoms. The van der Waals surface area contributed by atoms with E-state index in [9.17, 15) is 4.79 Å². The molecular formula is C13H9ClN4O2. The van der Waals surface area contributed by atoms with E-state index in [-0.39, 0.29) is 10.8 Å².